The summed E-state index contributed by atoms with van der Waals surface area (Å²) in [7, 11) is 0. The van der Waals surface area contributed by atoms with Crippen LogP contribution in [-0.4, -0.2) is 11.7 Å². The molecular weight excluding hydrogens is 148 g/mol. The molecule has 0 amide bonds. The highest BCUT2D eigenvalue weighted by Crippen LogP contribution is 2.23. The summed E-state index contributed by atoms with van der Waals surface area (Å²) >= 11 is 5.42. The highest BCUT2D eigenvalue weighted by Gasteiger charge is 2.19. The van der Waals surface area contributed by atoms with E-state index in [-0.39, 0.29) is 17.6 Å². The van der Waals surface area contributed by atoms with E-state index in [4.69, 9.17) is 11.6 Å². The summed E-state index contributed by atoms with van der Waals surface area (Å²) in [5, 5.41) is 0. The molecule has 0 bridgehead atoms. The van der Waals surface area contributed by atoms with Gasteiger partial charge in [0.1, 0.15) is 0 Å². The molecule has 0 aromatic carbocycles. The number of ketones is 1. The smallest absolute Gasteiger partial charge is 0.150 e. The fourth-order valence-electron chi connectivity index (χ4n) is 1.34. The molecule has 0 aliphatic heterocycles. The Morgan fingerprint density at radius 2 is 2.40 bits per heavy atom. The van der Waals surface area contributed by atoms with Gasteiger partial charge in [-0.25, -0.2) is 0 Å². The number of hydrogen-bond donors (Lipinski definition) is 0. The van der Waals surface area contributed by atoms with Crippen molar-refractivity contribution in [1.29, 1.82) is 0 Å². The minimum atomic E-state index is 0.172. The first-order valence-electron chi connectivity index (χ1n) is 3.76. The van der Waals surface area contributed by atoms with Crippen molar-refractivity contribution in [2.45, 2.75) is 25.7 Å². The maximum Gasteiger partial charge on any atom is 0.150 e. The second kappa shape index (κ2) is 3.97. The van der Waals surface area contributed by atoms with Gasteiger partial charge in [0.05, 0.1) is 5.88 Å². The van der Waals surface area contributed by atoms with Crippen molar-refractivity contribution in [2.24, 2.45) is 5.92 Å². The molecule has 1 nitrogen and oxygen atoms in total. The summed E-state index contributed by atoms with van der Waals surface area (Å²) in [6.07, 6.45) is 6.64. The van der Waals surface area contributed by atoms with Gasteiger partial charge >= 0.3 is 0 Å². The van der Waals surface area contributed by atoms with Crippen LogP contribution in [0, 0.1) is 12.3 Å². The van der Waals surface area contributed by atoms with E-state index in [1.54, 1.807) is 0 Å². The van der Waals surface area contributed by atoms with Gasteiger partial charge in [-0.2, -0.15) is 0 Å². The van der Waals surface area contributed by atoms with Crippen LogP contribution in [-0.2, 0) is 4.79 Å². The van der Waals surface area contributed by atoms with Gasteiger partial charge in [0.2, 0.25) is 0 Å². The fraction of sp³-hybridized carbons (Fsp3) is 0.750. The van der Waals surface area contributed by atoms with Gasteiger partial charge in [-0.05, 0) is 19.3 Å². The quantitative estimate of drug-likeness (QED) is 0.565. The van der Waals surface area contributed by atoms with Crippen LogP contribution in [0.4, 0.5) is 0 Å². The van der Waals surface area contributed by atoms with E-state index in [0.717, 1.165) is 12.8 Å². The average Bonchev–Trinajstić information content (AvgIpc) is 2.05. The lowest BCUT2D eigenvalue weighted by Crippen LogP contribution is -2.19. The molecule has 0 heterocycles. The summed E-state index contributed by atoms with van der Waals surface area (Å²) in [6, 6.07) is 0. The molecule has 0 spiro atoms. The standard InChI is InChI=1S/C8H12ClO/c9-6-8(10)7-4-2-1-3-5-7/h4,7H,1-3,5-6H2. The zero-order valence-corrected chi connectivity index (χ0v) is 6.73. The van der Waals surface area contributed by atoms with Crippen molar-refractivity contribution < 1.29 is 4.79 Å². The molecule has 2 heteroatoms. The lowest BCUT2D eigenvalue weighted by atomic mass is 9.87. The maximum atomic E-state index is 11.0. The summed E-state index contributed by atoms with van der Waals surface area (Å²) < 4.78 is 0. The van der Waals surface area contributed by atoms with E-state index < -0.39 is 0 Å². The van der Waals surface area contributed by atoms with E-state index in [2.05, 4.69) is 6.42 Å². The number of carbonyl (C=O) groups excluding carboxylic acids is 1. The average molecular weight is 160 g/mol. The van der Waals surface area contributed by atoms with Crippen molar-refractivity contribution in [3.63, 3.8) is 0 Å². The Morgan fingerprint density at radius 1 is 1.60 bits per heavy atom. The predicted molar refractivity (Wildman–Crippen MR) is 42.0 cm³/mol. The van der Waals surface area contributed by atoms with E-state index in [1.165, 1.54) is 12.8 Å². The Bertz CT molecular complexity index is 116. The molecule has 57 valence electrons. The van der Waals surface area contributed by atoms with E-state index in [9.17, 15) is 4.79 Å². The Morgan fingerprint density at radius 3 is 2.90 bits per heavy atom. The number of carbonyl (C=O) groups is 1. The maximum absolute atomic E-state index is 11.0. The lowest BCUT2D eigenvalue weighted by molar-refractivity contribution is -0.120. The first kappa shape index (κ1) is 8.06. The normalized spacial score (nSPS) is 20.9. The largest absolute Gasteiger partial charge is 0.298 e. The van der Waals surface area contributed by atoms with Crippen molar-refractivity contribution in [3.8, 4) is 0 Å². The summed E-state index contributed by atoms with van der Waals surface area (Å²) in [5.41, 5.74) is 0. The number of alkyl halides is 1. The molecule has 1 rings (SSSR count). The van der Waals surface area contributed by atoms with Gasteiger partial charge < -0.3 is 0 Å². The van der Waals surface area contributed by atoms with E-state index >= 15 is 0 Å². The SMILES string of the molecule is O=C(CCl)C1[CH]CCCC1. The molecule has 0 saturated heterocycles. The van der Waals surface area contributed by atoms with Gasteiger partial charge in [-0.3, -0.25) is 4.79 Å². The molecule has 0 aromatic heterocycles. The molecule has 0 N–H and O–H groups in total. The summed E-state index contributed by atoms with van der Waals surface area (Å²) in [4.78, 5) is 11.0. The van der Waals surface area contributed by atoms with Crippen LogP contribution in [0.3, 0.4) is 0 Å². The van der Waals surface area contributed by atoms with E-state index in [0.29, 0.717) is 0 Å². The Hall–Kier alpha value is -0.0400. The third-order valence-corrected chi connectivity index (χ3v) is 2.23. The zero-order chi connectivity index (χ0) is 7.40. The number of rotatable bonds is 2. The Kier molecular flexibility index (Phi) is 3.20. The summed E-state index contributed by atoms with van der Waals surface area (Å²) in [5.74, 6) is 0.550. The zero-order valence-electron chi connectivity index (χ0n) is 5.98. The van der Waals surface area contributed by atoms with Gasteiger partial charge in [-0.1, -0.05) is 12.8 Å². The van der Waals surface area contributed by atoms with Gasteiger partial charge in [0.15, 0.2) is 5.78 Å². The molecule has 1 unspecified atom stereocenters. The van der Waals surface area contributed by atoms with E-state index in [1.807, 2.05) is 0 Å². The second-order valence-corrected chi connectivity index (χ2v) is 2.99. The van der Waals surface area contributed by atoms with Crippen LogP contribution in [0.25, 0.3) is 0 Å². The second-order valence-electron chi connectivity index (χ2n) is 2.73. The van der Waals surface area contributed by atoms with Crippen LogP contribution >= 0.6 is 11.6 Å². The third kappa shape index (κ3) is 1.98. The fourth-order valence-corrected chi connectivity index (χ4v) is 1.54. The molecule has 1 aliphatic rings. The van der Waals surface area contributed by atoms with Crippen LogP contribution in [0.15, 0.2) is 0 Å². The first-order valence-corrected chi connectivity index (χ1v) is 4.30. The molecular formula is C8H12ClO. The molecule has 1 atom stereocenters. The Labute approximate surface area is 66.8 Å². The minimum Gasteiger partial charge on any atom is -0.298 e. The number of halogens is 1. The van der Waals surface area contributed by atoms with Crippen LogP contribution in [0.1, 0.15) is 25.7 Å². The van der Waals surface area contributed by atoms with Crippen molar-refractivity contribution in [2.75, 3.05) is 5.88 Å². The lowest BCUT2D eigenvalue weighted by Gasteiger charge is -2.18. The molecule has 1 saturated carbocycles. The number of Topliss-reactive ketones (excluding diaryl/α,β-unsaturated/α-hetero) is 1. The third-order valence-electron chi connectivity index (χ3n) is 1.97. The molecule has 1 aliphatic carbocycles. The van der Waals surface area contributed by atoms with Crippen LogP contribution in [0.5, 0.6) is 0 Å². The molecule has 10 heavy (non-hydrogen) atoms. The number of hydrogen-bond acceptors (Lipinski definition) is 1. The highest BCUT2D eigenvalue weighted by atomic mass is 35.5. The molecule has 1 radical (unpaired) electrons. The predicted octanol–water partition coefficient (Wildman–Crippen LogP) is 2.19. The van der Waals surface area contributed by atoms with Crippen LogP contribution in [0.2, 0.25) is 0 Å². The van der Waals surface area contributed by atoms with Crippen molar-refractivity contribution in [1.82, 2.24) is 0 Å². The van der Waals surface area contributed by atoms with Gasteiger partial charge in [-0.15, -0.1) is 11.6 Å². The highest BCUT2D eigenvalue weighted by molar-refractivity contribution is 6.28. The molecule has 1 fully saturated rings. The van der Waals surface area contributed by atoms with Crippen molar-refractivity contribution >= 4 is 17.4 Å². The molecule has 0 aromatic rings. The van der Waals surface area contributed by atoms with Gasteiger partial charge in [0, 0.05) is 5.92 Å². The van der Waals surface area contributed by atoms with Gasteiger partial charge in [0.25, 0.3) is 0 Å². The topological polar surface area (TPSA) is 17.1 Å². The summed E-state index contributed by atoms with van der Waals surface area (Å²) in [6.45, 7) is 0. The van der Waals surface area contributed by atoms with Crippen molar-refractivity contribution in [3.05, 3.63) is 6.42 Å². The minimum absolute atomic E-state index is 0.172. The monoisotopic (exact) mass is 159 g/mol. The van der Waals surface area contributed by atoms with Crippen LogP contribution < -0.4 is 0 Å². The first-order chi connectivity index (χ1) is 4.84. The Balaban J connectivity index is 2.31.